The van der Waals surface area contributed by atoms with E-state index in [1.165, 1.54) is 11.1 Å². The second-order valence-electron chi connectivity index (χ2n) is 7.15. The zero-order valence-corrected chi connectivity index (χ0v) is 16.2. The molecule has 1 aliphatic heterocycles. The van der Waals surface area contributed by atoms with Gasteiger partial charge in [-0.05, 0) is 25.0 Å². The molecule has 1 amide bonds. The highest BCUT2D eigenvalue weighted by Crippen LogP contribution is 2.23. The van der Waals surface area contributed by atoms with E-state index in [4.69, 9.17) is 0 Å². The number of aryl methyl sites for hydroxylation is 2. The molecule has 2 aromatic heterocycles. The van der Waals surface area contributed by atoms with Crippen LogP contribution < -0.4 is 5.32 Å². The van der Waals surface area contributed by atoms with Gasteiger partial charge in [0.2, 0.25) is 11.9 Å². The third-order valence-corrected chi connectivity index (χ3v) is 5.14. The molecule has 1 N–H and O–H groups in total. The van der Waals surface area contributed by atoms with Crippen molar-refractivity contribution in [1.29, 1.82) is 0 Å². The summed E-state index contributed by atoms with van der Waals surface area (Å²) in [5.41, 5.74) is 5.59. The van der Waals surface area contributed by atoms with Crippen LogP contribution in [0.3, 0.4) is 0 Å². The van der Waals surface area contributed by atoms with Crippen LogP contribution in [0.5, 0.6) is 0 Å². The minimum absolute atomic E-state index is 0.160. The Labute approximate surface area is 164 Å². The molecule has 0 aliphatic carbocycles. The lowest BCUT2D eigenvalue weighted by Crippen LogP contribution is -2.37. The van der Waals surface area contributed by atoms with Crippen LogP contribution in [0.2, 0.25) is 0 Å². The van der Waals surface area contributed by atoms with Crippen molar-refractivity contribution < 1.29 is 4.79 Å². The highest BCUT2D eigenvalue weighted by Gasteiger charge is 2.26. The number of aromatic nitrogens is 4. The number of fused-ring (bicyclic) bond motifs is 1. The van der Waals surface area contributed by atoms with Crippen molar-refractivity contribution in [3.8, 4) is 0 Å². The zero-order chi connectivity index (χ0) is 19.5. The largest absolute Gasteiger partial charge is 0.348 e. The maximum Gasteiger partial charge on any atom is 0.227 e. The summed E-state index contributed by atoms with van der Waals surface area (Å²) in [6, 6.07) is 9.95. The predicted molar refractivity (Wildman–Crippen MR) is 107 cm³/mol. The lowest BCUT2D eigenvalue weighted by atomic mass is 10.0. The van der Waals surface area contributed by atoms with E-state index >= 15 is 0 Å². The first-order chi connectivity index (χ1) is 13.6. The van der Waals surface area contributed by atoms with E-state index in [0.717, 1.165) is 29.9 Å². The van der Waals surface area contributed by atoms with Crippen LogP contribution in [0.25, 0.3) is 0 Å². The van der Waals surface area contributed by atoms with Crippen molar-refractivity contribution in [1.82, 2.24) is 24.6 Å². The summed E-state index contributed by atoms with van der Waals surface area (Å²) in [4.78, 5) is 23.1. The summed E-state index contributed by atoms with van der Waals surface area (Å²) in [5, 5.41) is 7.87. The Morgan fingerprint density at radius 1 is 1.18 bits per heavy atom. The third-order valence-electron chi connectivity index (χ3n) is 5.14. The minimum atomic E-state index is 0.160. The number of nitrogens with zero attached hydrogens (tertiary/aromatic N) is 5. The number of benzene rings is 1. The molecule has 0 spiro atoms. The van der Waals surface area contributed by atoms with Crippen LogP contribution in [0.4, 0.5) is 5.95 Å². The van der Waals surface area contributed by atoms with Gasteiger partial charge in [0.05, 0.1) is 30.9 Å². The second kappa shape index (κ2) is 7.80. The molecule has 0 unspecified atom stereocenters. The van der Waals surface area contributed by atoms with Gasteiger partial charge in [0.25, 0.3) is 0 Å². The first kappa shape index (κ1) is 18.2. The number of anilines is 1. The van der Waals surface area contributed by atoms with Gasteiger partial charge in [0, 0.05) is 31.5 Å². The van der Waals surface area contributed by atoms with Gasteiger partial charge in [-0.1, -0.05) is 29.8 Å². The van der Waals surface area contributed by atoms with E-state index in [1.54, 1.807) is 18.5 Å². The van der Waals surface area contributed by atoms with Crippen molar-refractivity contribution >= 4 is 11.9 Å². The lowest BCUT2D eigenvalue weighted by molar-refractivity contribution is -0.131. The molecule has 1 aliphatic rings. The van der Waals surface area contributed by atoms with Gasteiger partial charge < -0.3 is 10.2 Å². The Hall–Kier alpha value is -3.22. The van der Waals surface area contributed by atoms with Gasteiger partial charge in [-0.25, -0.2) is 9.97 Å². The Balaban J connectivity index is 1.43. The van der Waals surface area contributed by atoms with Crippen molar-refractivity contribution in [2.45, 2.75) is 32.9 Å². The SMILES string of the molecule is Cc1ccc(CC(=O)N2CCc3c(CNc4ncccn4)nn(C)c3C2)cc1. The number of nitrogens with one attached hydrogen (secondary N) is 1. The van der Waals surface area contributed by atoms with E-state index in [2.05, 4.69) is 27.3 Å². The molecule has 7 heteroatoms. The Bertz CT molecular complexity index is 965. The molecule has 0 atom stereocenters. The van der Waals surface area contributed by atoms with Crippen LogP contribution in [0.15, 0.2) is 42.7 Å². The fourth-order valence-electron chi connectivity index (χ4n) is 3.56. The van der Waals surface area contributed by atoms with Crippen LogP contribution in [-0.2, 0) is 37.8 Å². The monoisotopic (exact) mass is 376 g/mol. The molecule has 0 saturated heterocycles. The fraction of sp³-hybridized carbons (Fsp3) is 0.333. The van der Waals surface area contributed by atoms with Crippen molar-refractivity contribution in [2.24, 2.45) is 7.05 Å². The number of carbonyl (C=O) groups excluding carboxylic acids is 1. The average Bonchev–Trinajstić information content (AvgIpc) is 3.04. The first-order valence-corrected chi connectivity index (χ1v) is 9.48. The van der Waals surface area contributed by atoms with Crippen molar-refractivity contribution in [3.63, 3.8) is 0 Å². The summed E-state index contributed by atoms with van der Waals surface area (Å²) < 4.78 is 1.89. The Morgan fingerprint density at radius 2 is 1.93 bits per heavy atom. The summed E-state index contributed by atoms with van der Waals surface area (Å²) in [6.07, 6.45) is 4.67. The molecule has 1 aromatic carbocycles. The van der Waals surface area contributed by atoms with Gasteiger partial charge in [0.1, 0.15) is 0 Å². The Kier molecular flexibility index (Phi) is 5.06. The van der Waals surface area contributed by atoms with Gasteiger partial charge in [-0.15, -0.1) is 0 Å². The number of amides is 1. The first-order valence-electron chi connectivity index (χ1n) is 9.48. The van der Waals surface area contributed by atoms with E-state index in [0.29, 0.717) is 25.5 Å². The number of hydrogen-bond donors (Lipinski definition) is 1. The van der Waals surface area contributed by atoms with Gasteiger partial charge in [-0.2, -0.15) is 5.10 Å². The lowest BCUT2D eigenvalue weighted by Gasteiger charge is -2.28. The highest BCUT2D eigenvalue weighted by molar-refractivity contribution is 5.79. The summed E-state index contributed by atoms with van der Waals surface area (Å²) >= 11 is 0. The number of rotatable bonds is 5. The fourth-order valence-corrected chi connectivity index (χ4v) is 3.56. The molecule has 28 heavy (non-hydrogen) atoms. The van der Waals surface area contributed by atoms with E-state index < -0.39 is 0 Å². The molecule has 0 fully saturated rings. The van der Waals surface area contributed by atoms with Gasteiger partial charge in [-0.3, -0.25) is 9.48 Å². The number of hydrogen-bond acceptors (Lipinski definition) is 5. The standard InChI is InChI=1S/C21H24N6O/c1-15-4-6-16(7-5-15)12-20(28)27-11-8-17-18(25-26(2)19(17)14-27)13-24-21-22-9-3-10-23-21/h3-7,9-10H,8,11-14H2,1-2H3,(H,22,23,24). The zero-order valence-electron chi connectivity index (χ0n) is 16.2. The smallest absolute Gasteiger partial charge is 0.227 e. The van der Waals surface area contributed by atoms with Crippen LogP contribution >= 0.6 is 0 Å². The average molecular weight is 376 g/mol. The normalized spacial score (nSPS) is 13.3. The van der Waals surface area contributed by atoms with Crippen molar-refractivity contribution in [3.05, 3.63) is 70.8 Å². The van der Waals surface area contributed by atoms with Crippen LogP contribution in [0.1, 0.15) is 28.1 Å². The molecular weight excluding hydrogens is 352 g/mol. The quantitative estimate of drug-likeness (QED) is 0.739. The highest BCUT2D eigenvalue weighted by atomic mass is 16.2. The topological polar surface area (TPSA) is 75.9 Å². The molecule has 7 nitrogen and oxygen atoms in total. The molecule has 0 bridgehead atoms. The third kappa shape index (κ3) is 3.88. The van der Waals surface area contributed by atoms with E-state index in [9.17, 15) is 4.79 Å². The van der Waals surface area contributed by atoms with Gasteiger partial charge in [0.15, 0.2) is 0 Å². The molecule has 4 rings (SSSR count). The molecule has 3 heterocycles. The van der Waals surface area contributed by atoms with E-state index in [1.807, 2.05) is 40.9 Å². The molecule has 0 saturated carbocycles. The minimum Gasteiger partial charge on any atom is -0.348 e. The molecule has 3 aromatic rings. The van der Waals surface area contributed by atoms with Gasteiger partial charge >= 0.3 is 0 Å². The predicted octanol–water partition coefficient (Wildman–Crippen LogP) is 2.26. The summed E-state index contributed by atoms with van der Waals surface area (Å²) in [5.74, 6) is 0.751. The molecule has 0 radical (unpaired) electrons. The second-order valence-corrected chi connectivity index (χ2v) is 7.15. The van der Waals surface area contributed by atoms with Crippen LogP contribution in [0, 0.1) is 6.92 Å². The molecular formula is C21H24N6O. The molecule has 144 valence electrons. The Morgan fingerprint density at radius 3 is 2.68 bits per heavy atom. The van der Waals surface area contributed by atoms with E-state index in [-0.39, 0.29) is 5.91 Å². The maximum atomic E-state index is 12.8. The van der Waals surface area contributed by atoms with Crippen molar-refractivity contribution in [2.75, 3.05) is 11.9 Å². The maximum absolute atomic E-state index is 12.8. The van der Waals surface area contributed by atoms with Crippen LogP contribution in [-0.4, -0.2) is 37.1 Å². The number of carbonyl (C=O) groups is 1. The summed E-state index contributed by atoms with van der Waals surface area (Å²) in [6.45, 7) is 3.95. The summed E-state index contributed by atoms with van der Waals surface area (Å²) in [7, 11) is 1.94.